The number of nitrogens with one attached hydrogen (secondary N) is 1. The van der Waals surface area contributed by atoms with Crippen LogP contribution >= 0.6 is 27.5 Å². The third-order valence-corrected chi connectivity index (χ3v) is 3.93. The minimum atomic E-state index is 0.554. The van der Waals surface area contributed by atoms with Gasteiger partial charge in [-0.2, -0.15) is 0 Å². The molecule has 1 N–H and O–H groups in total. The Kier molecular flexibility index (Phi) is 3.15. The molecule has 0 aromatic heterocycles. The van der Waals surface area contributed by atoms with E-state index < -0.39 is 0 Å². The van der Waals surface area contributed by atoms with Gasteiger partial charge in [0, 0.05) is 11.0 Å². The molecule has 1 aliphatic rings. The molecule has 0 amide bonds. The Morgan fingerprint density at radius 2 is 2.29 bits per heavy atom. The first-order valence-electron chi connectivity index (χ1n) is 4.87. The van der Waals surface area contributed by atoms with E-state index >= 15 is 0 Å². The van der Waals surface area contributed by atoms with E-state index in [0.717, 1.165) is 29.0 Å². The standard InChI is InChI=1S/C11H13BrClN/c1-7-6-14-3-2-8-4-10(12)11(13)5-9(7)8/h4-5,7,14H,2-3,6H2,1H3/t7-/m0/s1. The Morgan fingerprint density at radius 1 is 1.50 bits per heavy atom. The second-order valence-corrected chi connectivity index (χ2v) is 5.08. The van der Waals surface area contributed by atoms with E-state index in [4.69, 9.17) is 11.6 Å². The highest BCUT2D eigenvalue weighted by Gasteiger charge is 2.15. The van der Waals surface area contributed by atoms with Gasteiger partial charge in [-0.3, -0.25) is 0 Å². The smallest absolute Gasteiger partial charge is 0.0551 e. The molecule has 0 bridgehead atoms. The molecule has 1 aromatic carbocycles. The summed E-state index contributed by atoms with van der Waals surface area (Å²) in [7, 11) is 0. The Hall–Kier alpha value is -0.0500. The van der Waals surface area contributed by atoms with Crippen molar-refractivity contribution in [1.29, 1.82) is 0 Å². The van der Waals surface area contributed by atoms with Gasteiger partial charge in [-0.05, 0) is 58.1 Å². The molecule has 1 atom stereocenters. The molecule has 1 nitrogen and oxygen atoms in total. The predicted molar refractivity (Wildman–Crippen MR) is 64.1 cm³/mol. The number of fused-ring (bicyclic) bond motifs is 1. The Labute approximate surface area is 98.0 Å². The lowest BCUT2D eigenvalue weighted by Gasteiger charge is -2.13. The Bertz CT molecular complexity index is 351. The van der Waals surface area contributed by atoms with Crippen molar-refractivity contribution in [3.05, 3.63) is 32.8 Å². The minimum absolute atomic E-state index is 0.554. The maximum absolute atomic E-state index is 6.10. The summed E-state index contributed by atoms with van der Waals surface area (Å²) in [5.41, 5.74) is 2.81. The SMILES string of the molecule is C[C@H]1CNCCc2cc(Br)c(Cl)cc21. The lowest BCUT2D eigenvalue weighted by Crippen LogP contribution is -2.18. The van der Waals surface area contributed by atoms with E-state index in [0.29, 0.717) is 5.92 Å². The summed E-state index contributed by atoms with van der Waals surface area (Å²) >= 11 is 9.56. The molecular weight excluding hydrogens is 261 g/mol. The van der Waals surface area contributed by atoms with Crippen molar-refractivity contribution < 1.29 is 0 Å². The lowest BCUT2D eigenvalue weighted by molar-refractivity contribution is 0.644. The molecule has 0 saturated carbocycles. The van der Waals surface area contributed by atoms with Crippen LogP contribution in [0.5, 0.6) is 0 Å². The van der Waals surface area contributed by atoms with E-state index in [1.807, 2.05) is 0 Å². The van der Waals surface area contributed by atoms with Crippen LogP contribution in [0.3, 0.4) is 0 Å². The van der Waals surface area contributed by atoms with Crippen molar-refractivity contribution >= 4 is 27.5 Å². The van der Waals surface area contributed by atoms with Crippen LogP contribution in [0.15, 0.2) is 16.6 Å². The molecule has 1 aliphatic heterocycles. The zero-order chi connectivity index (χ0) is 10.1. The first-order chi connectivity index (χ1) is 6.68. The van der Waals surface area contributed by atoms with Crippen molar-refractivity contribution in [3.8, 4) is 0 Å². The fraction of sp³-hybridized carbons (Fsp3) is 0.455. The summed E-state index contributed by atoms with van der Waals surface area (Å²) in [6.45, 7) is 4.35. The van der Waals surface area contributed by atoms with Crippen LogP contribution in [-0.4, -0.2) is 13.1 Å². The van der Waals surface area contributed by atoms with Crippen molar-refractivity contribution in [2.45, 2.75) is 19.3 Å². The van der Waals surface area contributed by atoms with Gasteiger partial charge in [0.05, 0.1) is 5.02 Å². The summed E-state index contributed by atoms with van der Waals surface area (Å²) in [6, 6.07) is 4.25. The summed E-state index contributed by atoms with van der Waals surface area (Å²) in [5.74, 6) is 0.554. The number of halogens is 2. The maximum Gasteiger partial charge on any atom is 0.0551 e. The van der Waals surface area contributed by atoms with E-state index in [9.17, 15) is 0 Å². The van der Waals surface area contributed by atoms with Crippen LogP contribution in [0.2, 0.25) is 5.02 Å². The highest BCUT2D eigenvalue weighted by molar-refractivity contribution is 9.10. The summed E-state index contributed by atoms with van der Waals surface area (Å²) in [5, 5.41) is 4.24. The van der Waals surface area contributed by atoms with Crippen LogP contribution in [0.4, 0.5) is 0 Å². The van der Waals surface area contributed by atoms with E-state index in [2.05, 4.69) is 40.3 Å². The minimum Gasteiger partial charge on any atom is -0.316 e. The second kappa shape index (κ2) is 4.21. The van der Waals surface area contributed by atoms with Crippen molar-refractivity contribution in [2.24, 2.45) is 0 Å². The lowest BCUT2D eigenvalue weighted by atomic mass is 9.95. The molecule has 1 heterocycles. The quantitative estimate of drug-likeness (QED) is 0.765. The molecule has 14 heavy (non-hydrogen) atoms. The van der Waals surface area contributed by atoms with Crippen molar-refractivity contribution in [2.75, 3.05) is 13.1 Å². The molecule has 0 unspecified atom stereocenters. The third-order valence-electron chi connectivity index (χ3n) is 2.73. The van der Waals surface area contributed by atoms with Crippen LogP contribution < -0.4 is 5.32 Å². The summed E-state index contributed by atoms with van der Waals surface area (Å²) in [4.78, 5) is 0. The van der Waals surface area contributed by atoms with Gasteiger partial charge in [0.2, 0.25) is 0 Å². The molecule has 1 aromatic rings. The Balaban J connectivity index is 2.49. The monoisotopic (exact) mass is 273 g/mol. The number of hydrogen-bond acceptors (Lipinski definition) is 1. The van der Waals surface area contributed by atoms with Gasteiger partial charge in [0.1, 0.15) is 0 Å². The van der Waals surface area contributed by atoms with Gasteiger partial charge in [-0.15, -0.1) is 0 Å². The van der Waals surface area contributed by atoms with Crippen molar-refractivity contribution in [1.82, 2.24) is 5.32 Å². The van der Waals surface area contributed by atoms with Gasteiger partial charge >= 0.3 is 0 Å². The average Bonchev–Trinajstić information content (AvgIpc) is 2.31. The number of benzene rings is 1. The zero-order valence-corrected chi connectivity index (χ0v) is 10.5. The normalized spacial score (nSPS) is 21.5. The van der Waals surface area contributed by atoms with Gasteiger partial charge in [-0.25, -0.2) is 0 Å². The second-order valence-electron chi connectivity index (χ2n) is 3.82. The topological polar surface area (TPSA) is 12.0 Å². The molecule has 0 fully saturated rings. The zero-order valence-electron chi connectivity index (χ0n) is 8.11. The first-order valence-corrected chi connectivity index (χ1v) is 6.04. The van der Waals surface area contributed by atoms with E-state index in [1.54, 1.807) is 0 Å². The van der Waals surface area contributed by atoms with E-state index in [-0.39, 0.29) is 0 Å². The van der Waals surface area contributed by atoms with Gasteiger partial charge in [0.25, 0.3) is 0 Å². The van der Waals surface area contributed by atoms with Crippen LogP contribution in [0.25, 0.3) is 0 Å². The fourth-order valence-corrected chi connectivity index (χ4v) is 2.49. The average molecular weight is 275 g/mol. The molecule has 0 spiro atoms. The molecule has 2 rings (SSSR count). The number of rotatable bonds is 0. The first kappa shape index (κ1) is 10.5. The van der Waals surface area contributed by atoms with Gasteiger partial charge in [0.15, 0.2) is 0 Å². The maximum atomic E-state index is 6.10. The third kappa shape index (κ3) is 1.97. The predicted octanol–water partition coefficient (Wildman–Crippen LogP) is 3.35. The highest BCUT2D eigenvalue weighted by Crippen LogP contribution is 2.31. The molecule has 0 radical (unpaired) electrons. The summed E-state index contributed by atoms with van der Waals surface area (Å²) < 4.78 is 1.01. The van der Waals surface area contributed by atoms with Crippen LogP contribution in [-0.2, 0) is 6.42 Å². The van der Waals surface area contributed by atoms with Crippen LogP contribution in [0, 0.1) is 0 Å². The van der Waals surface area contributed by atoms with Gasteiger partial charge < -0.3 is 5.32 Å². The molecule has 0 saturated heterocycles. The summed E-state index contributed by atoms with van der Waals surface area (Å²) in [6.07, 6.45) is 1.09. The highest BCUT2D eigenvalue weighted by atomic mass is 79.9. The Morgan fingerprint density at radius 3 is 3.07 bits per heavy atom. The van der Waals surface area contributed by atoms with Crippen molar-refractivity contribution in [3.63, 3.8) is 0 Å². The fourth-order valence-electron chi connectivity index (χ4n) is 1.93. The number of hydrogen-bond donors (Lipinski definition) is 1. The van der Waals surface area contributed by atoms with E-state index in [1.165, 1.54) is 11.1 Å². The van der Waals surface area contributed by atoms with Gasteiger partial charge in [-0.1, -0.05) is 18.5 Å². The van der Waals surface area contributed by atoms with Crippen LogP contribution in [0.1, 0.15) is 24.0 Å². The molecule has 3 heteroatoms. The largest absolute Gasteiger partial charge is 0.316 e. The molecule has 0 aliphatic carbocycles. The molecular formula is C11H13BrClN. The molecule has 76 valence electrons.